The van der Waals surface area contributed by atoms with Crippen molar-refractivity contribution in [3.63, 3.8) is 0 Å². The van der Waals surface area contributed by atoms with Crippen molar-refractivity contribution < 1.29 is 0 Å². The van der Waals surface area contributed by atoms with Crippen molar-refractivity contribution in [3.8, 4) is 0 Å². The number of rotatable bonds is 1. The molecule has 106 valence electrons. The van der Waals surface area contributed by atoms with Gasteiger partial charge in [0.1, 0.15) is 0 Å². The van der Waals surface area contributed by atoms with Crippen LogP contribution >= 0.6 is 0 Å². The molecule has 1 fully saturated rings. The summed E-state index contributed by atoms with van der Waals surface area (Å²) in [6.07, 6.45) is 0. The zero-order valence-corrected chi connectivity index (χ0v) is 11.8. The standard InChI is InChI=1S/C14H20N6/c1-17-6-8-18(9-7-17)19-10-15-14-16-12-4-2-3-5-13(12)20(14)11-19/h2-5H,6-11H2,1H3,(H,15,16). The third-order valence-corrected chi connectivity index (χ3v) is 4.26. The van der Waals surface area contributed by atoms with E-state index in [0.29, 0.717) is 0 Å². The molecule has 2 aromatic rings. The number of nitrogens with zero attached hydrogens (tertiary/aromatic N) is 5. The number of imidazole rings is 1. The SMILES string of the molecule is CN1CCN(N2CNc3nc4ccccc4n3C2)CC1. The molecular weight excluding hydrogens is 252 g/mol. The minimum absolute atomic E-state index is 0.840. The van der Waals surface area contributed by atoms with Crippen LogP contribution in [0.3, 0.4) is 0 Å². The van der Waals surface area contributed by atoms with Crippen molar-refractivity contribution in [1.29, 1.82) is 0 Å². The molecule has 0 amide bonds. The number of likely N-dealkylation sites (N-methyl/N-ethyl adjacent to an activating group) is 1. The number of para-hydroxylation sites is 2. The monoisotopic (exact) mass is 272 g/mol. The van der Waals surface area contributed by atoms with E-state index in [1.54, 1.807) is 0 Å². The Hall–Kier alpha value is -1.63. The van der Waals surface area contributed by atoms with Crippen molar-refractivity contribution in [3.05, 3.63) is 24.3 Å². The number of anilines is 1. The van der Waals surface area contributed by atoms with E-state index in [4.69, 9.17) is 0 Å². The molecule has 1 saturated heterocycles. The molecule has 0 aliphatic carbocycles. The molecular formula is C14H20N6. The van der Waals surface area contributed by atoms with Gasteiger partial charge in [0, 0.05) is 26.2 Å². The van der Waals surface area contributed by atoms with Gasteiger partial charge in [0.05, 0.1) is 24.4 Å². The summed E-state index contributed by atoms with van der Waals surface area (Å²) in [5.41, 5.74) is 2.27. The Morgan fingerprint density at radius 3 is 2.70 bits per heavy atom. The van der Waals surface area contributed by atoms with Gasteiger partial charge in [0.2, 0.25) is 5.95 Å². The predicted molar refractivity (Wildman–Crippen MR) is 79.1 cm³/mol. The van der Waals surface area contributed by atoms with Crippen LogP contribution in [0, 0.1) is 0 Å². The third kappa shape index (κ3) is 1.96. The van der Waals surface area contributed by atoms with Gasteiger partial charge in [0.15, 0.2) is 0 Å². The second-order valence-electron chi connectivity index (χ2n) is 5.59. The summed E-state index contributed by atoms with van der Waals surface area (Å²) in [6, 6.07) is 8.33. The van der Waals surface area contributed by atoms with Crippen molar-refractivity contribution in [2.24, 2.45) is 0 Å². The lowest BCUT2D eigenvalue weighted by atomic mass is 10.3. The van der Waals surface area contributed by atoms with Gasteiger partial charge >= 0.3 is 0 Å². The van der Waals surface area contributed by atoms with Crippen molar-refractivity contribution in [2.75, 3.05) is 45.2 Å². The van der Waals surface area contributed by atoms with Gasteiger partial charge in [-0.3, -0.25) is 4.57 Å². The lowest BCUT2D eigenvalue weighted by Crippen LogP contribution is -2.55. The number of hydrazine groups is 1. The smallest absolute Gasteiger partial charge is 0.206 e. The maximum absolute atomic E-state index is 4.64. The molecule has 1 aromatic heterocycles. The van der Waals surface area contributed by atoms with Crippen LogP contribution in [0.1, 0.15) is 0 Å². The number of hydrogen-bond donors (Lipinski definition) is 1. The molecule has 0 atom stereocenters. The molecule has 0 bridgehead atoms. The first-order valence-corrected chi connectivity index (χ1v) is 7.19. The van der Waals surface area contributed by atoms with Crippen molar-refractivity contribution in [1.82, 2.24) is 24.5 Å². The van der Waals surface area contributed by atoms with E-state index in [-0.39, 0.29) is 0 Å². The fraction of sp³-hybridized carbons (Fsp3) is 0.500. The summed E-state index contributed by atoms with van der Waals surface area (Å²) in [5, 5.41) is 8.27. The lowest BCUT2D eigenvalue weighted by molar-refractivity contribution is -0.0734. The van der Waals surface area contributed by atoms with Crippen LogP contribution in [0.15, 0.2) is 24.3 Å². The first-order chi connectivity index (χ1) is 9.81. The predicted octanol–water partition coefficient (Wildman–Crippen LogP) is 0.841. The maximum atomic E-state index is 4.64. The number of aromatic nitrogens is 2. The summed E-state index contributed by atoms with van der Waals surface area (Å²) < 4.78 is 2.26. The van der Waals surface area contributed by atoms with E-state index in [0.717, 1.165) is 51.0 Å². The zero-order chi connectivity index (χ0) is 13.5. The quantitative estimate of drug-likeness (QED) is 0.833. The molecule has 6 nitrogen and oxygen atoms in total. The van der Waals surface area contributed by atoms with Crippen LogP contribution in [0.5, 0.6) is 0 Å². The van der Waals surface area contributed by atoms with E-state index in [2.05, 4.69) is 55.0 Å². The van der Waals surface area contributed by atoms with Crippen LogP contribution < -0.4 is 5.32 Å². The fourth-order valence-electron chi connectivity index (χ4n) is 3.00. The largest absolute Gasteiger partial charge is 0.341 e. The van der Waals surface area contributed by atoms with Crippen LogP contribution in [0.2, 0.25) is 0 Å². The van der Waals surface area contributed by atoms with Crippen molar-refractivity contribution in [2.45, 2.75) is 6.67 Å². The summed E-state index contributed by atoms with van der Waals surface area (Å²) >= 11 is 0. The first kappa shape index (κ1) is 12.1. The molecule has 0 spiro atoms. The Bertz CT molecular complexity index is 613. The molecule has 1 N–H and O–H groups in total. The second-order valence-corrected chi connectivity index (χ2v) is 5.59. The van der Waals surface area contributed by atoms with Gasteiger partial charge in [-0.05, 0) is 19.2 Å². The molecule has 20 heavy (non-hydrogen) atoms. The van der Waals surface area contributed by atoms with E-state index >= 15 is 0 Å². The fourth-order valence-corrected chi connectivity index (χ4v) is 3.00. The summed E-state index contributed by atoms with van der Waals surface area (Å²) in [5.74, 6) is 0.983. The molecule has 1 aromatic carbocycles. The Morgan fingerprint density at radius 2 is 1.85 bits per heavy atom. The summed E-state index contributed by atoms with van der Waals surface area (Å²) in [4.78, 5) is 7.02. The number of piperazine rings is 1. The highest BCUT2D eigenvalue weighted by Gasteiger charge is 2.25. The molecule has 0 saturated carbocycles. The van der Waals surface area contributed by atoms with E-state index in [1.807, 2.05) is 6.07 Å². The highest BCUT2D eigenvalue weighted by atomic mass is 15.7. The van der Waals surface area contributed by atoms with E-state index in [1.165, 1.54) is 5.52 Å². The lowest BCUT2D eigenvalue weighted by Gasteiger charge is -2.42. The zero-order valence-electron chi connectivity index (χ0n) is 11.8. The van der Waals surface area contributed by atoms with Gasteiger partial charge < -0.3 is 10.2 Å². The van der Waals surface area contributed by atoms with Crippen LogP contribution in [-0.4, -0.2) is 64.4 Å². The van der Waals surface area contributed by atoms with Crippen LogP contribution in [0.25, 0.3) is 11.0 Å². The number of benzene rings is 1. The Labute approximate surface area is 118 Å². The topological polar surface area (TPSA) is 39.6 Å². The highest BCUT2D eigenvalue weighted by molar-refractivity contribution is 5.78. The third-order valence-electron chi connectivity index (χ3n) is 4.26. The Kier molecular flexibility index (Phi) is 2.87. The van der Waals surface area contributed by atoms with Crippen molar-refractivity contribution >= 4 is 17.0 Å². The average Bonchev–Trinajstić information content (AvgIpc) is 2.86. The number of fused-ring (bicyclic) bond motifs is 3. The minimum Gasteiger partial charge on any atom is -0.341 e. The summed E-state index contributed by atoms with van der Waals surface area (Å²) in [6.45, 7) is 6.18. The minimum atomic E-state index is 0.840. The van der Waals surface area contributed by atoms with Gasteiger partial charge in [-0.1, -0.05) is 12.1 Å². The van der Waals surface area contributed by atoms with Gasteiger partial charge in [-0.15, -0.1) is 0 Å². The second kappa shape index (κ2) is 4.73. The van der Waals surface area contributed by atoms with E-state index in [9.17, 15) is 0 Å². The maximum Gasteiger partial charge on any atom is 0.206 e. The molecule has 2 aliphatic heterocycles. The number of hydrogen-bond acceptors (Lipinski definition) is 5. The molecule has 4 rings (SSSR count). The highest BCUT2D eigenvalue weighted by Crippen LogP contribution is 2.23. The average molecular weight is 272 g/mol. The molecule has 0 unspecified atom stereocenters. The van der Waals surface area contributed by atoms with Gasteiger partial charge in [0.25, 0.3) is 0 Å². The van der Waals surface area contributed by atoms with E-state index < -0.39 is 0 Å². The molecule has 2 aliphatic rings. The molecule has 6 heteroatoms. The van der Waals surface area contributed by atoms with Crippen LogP contribution in [0.4, 0.5) is 5.95 Å². The Morgan fingerprint density at radius 1 is 1.05 bits per heavy atom. The first-order valence-electron chi connectivity index (χ1n) is 7.19. The normalized spacial score (nSPS) is 21.9. The van der Waals surface area contributed by atoms with Crippen LogP contribution in [-0.2, 0) is 6.67 Å². The molecule has 3 heterocycles. The summed E-state index contributed by atoms with van der Waals surface area (Å²) in [7, 11) is 2.19. The number of nitrogens with one attached hydrogen (secondary N) is 1. The van der Waals surface area contributed by atoms with Gasteiger partial charge in [-0.25, -0.2) is 15.0 Å². The Balaban J connectivity index is 1.59. The van der Waals surface area contributed by atoms with Gasteiger partial charge in [-0.2, -0.15) is 0 Å². The molecule has 0 radical (unpaired) electrons.